The van der Waals surface area contributed by atoms with Gasteiger partial charge in [-0.3, -0.25) is 0 Å². The van der Waals surface area contributed by atoms with Crippen LogP contribution in [-0.2, 0) is 6.54 Å². The summed E-state index contributed by atoms with van der Waals surface area (Å²) >= 11 is 0. The van der Waals surface area contributed by atoms with Crippen LogP contribution in [0, 0.1) is 0 Å². The Morgan fingerprint density at radius 1 is 0.893 bits per heavy atom. The van der Waals surface area contributed by atoms with E-state index in [0.29, 0.717) is 5.65 Å². The zero-order valence-electron chi connectivity index (χ0n) is 15.7. The van der Waals surface area contributed by atoms with Crippen LogP contribution in [0.25, 0.3) is 11.3 Å². The van der Waals surface area contributed by atoms with Crippen LogP contribution < -0.4 is 10.6 Å². The maximum atomic E-state index is 12.8. The van der Waals surface area contributed by atoms with E-state index in [-0.39, 0.29) is 5.69 Å². The predicted molar refractivity (Wildman–Crippen MR) is 111 cm³/mol. The van der Waals surface area contributed by atoms with E-state index in [2.05, 4.69) is 58.3 Å². The predicted octanol–water partition coefficient (Wildman–Crippen LogP) is 3.07. The van der Waals surface area contributed by atoms with E-state index in [4.69, 9.17) is 0 Å². The van der Waals surface area contributed by atoms with E-state index < -0.39 is 0 Å². The summed E-state index contributed by atoms with van der Waals surface area (Å²) in [5, 5.41) is 4.49. The van der Waals surface area contributed by atoms with Gasteiger partial charge in [0, 0.05) is 37.2 Å². The molecule has 2 aromatic carbocycles. The van der Waals surface area contributed by atoms with Gasteiger partial charge in [-0.1, -0.05) is 24.3 Å². The van der Waals surface area contributed by atoms with Gasteiger partial charge in [0.2, 0.25) is 0 Å². The molecule has 0 spiro atoms. The van der Waals surface area contributed by atoms with Gasteiger partial charge in [0.25, 0.3) is 0 Å². The number of aromatic nitrogens is 3. The third-order valence-electron chi connectivity index (χ3n) is 5.24. The average Bonchev–Trinajstić information content (AvgIpc) is 2.96. The van der Waals surface area contributed by atoms with Crippen molar-refractivity contribution in [1.29, 1.82) is 0 Å². The Labute approximate surface area is 162 Å². The highest BCUT2D eigenvalue weighted by molar-refractivity contribution is 5.68. The van der Waals surface area contributed by atoms with E-state index in [0.717, 1.165) is 25.3 Å². The molecule has 0 unspecified atom stereocenters. The van der Waals surface area contributed by atoms with Crippen LogP contribution >= 0.6 is 0 Å². The lowest BCUT2D eigenvalue weighted by Gasteiger charge is -2.25. The number of nitrogens with zero attached hydrogens (tertiary/aromatic N) is 5. The quantitative estimate of drug-likeness (QED) is 0.543. The fourth-order valence-corrected chi connectivity index (χ4v) is 3.82. The van der Waals surface area contributed by atoms with Crippen molar-refractivity contribution >= 4 is 17.0 Å². The molecule has 0 amide bonds. The second kappa shape index (κ2) is 6.65. The van der Waals surface area contributed by atoms with Crippen LogP contribution in [0.5, 0.6) is 0 Å². The Morgan fingerprint density at radius 2 is 1.71 bits per heavy atom. The number of benzene rings is 2. The van der Waals surface area contributed by atoms with Crippen LogP contribution in [0.3, 0.4) is 0 Å². The van der Waals surface area contributed by atoms with E-state index in [9.17, 15) is 4.79 Å². The molecule has 6 nitrogen and oxygen atoms in total. The molecule has 0 atom stereocenters. The van der Waals surface area contributed by atoms with Crippen molar-refractivity contribution in [3.63, 3.8) is 0 Å². The summed E-state index contributed by atoms with van der Waals surface area (Å²) in [6.07, 6.45) is 1.75. The van der Waals surface area contributed by atoms with Crippen LogP contribution in [-0.4, -0.2) is 39.2 Å². The Kier molecular flexibility index (Phi) is 3.98. The first-order chi connectivity index (χ1) is 13.7. The van der Waals surface area contributed by atoms with Crippen molar-refractivity contribution < 1.29 is 0 Å². The molecule has 0 saturated carbocycles. The zero-order valence-corrected chi connectivity index (χ0v) is 15.7. The molecule has 3 heterocycles. The third kappa shape index (κ3) is 2.78. The normalized spacial score (nSPS) is 14.8. The number of likely N-dealkylation sites (N-methyl/N-ethyl adjacent to an activating group) is 1. The molecular formula is C22H21N5O. The van der Waals surface area contributed by atoms with Crippen LogP contribution in [0.2, 0.25) is 0 Å². The van der Waals surface area contributed by atoms with Gasteiger partial charge < -0.3 is 9.80 Å². The van der Waals surface area contributed by atoms with Crippen LogP contribution in [0.1, 0.15) is 5.56 Å². The molecular weight excluding hydrogens is 350 g/mol. The fraction of sp³-hybridized carbons (Fsp3) is 0.182. The Balaban J connectivity index is 1.64. The number of anilines is 2. The van der Waals surface area contributed by atoms with Gasteiger partial charge in [-0.05, 0) is 55.1 Å². The molecule has 6 heteroatoms. The van der Waals surface area contributed by atoms with Crippen molar-refractivity contribution in [3.05, 3.63) is 89.0 Å². The second-order valence-corrected chi connectivity index (χ2v) is 7.16. The van der Waals surface area contributed by atoms with Crippen LogP contribution in [0.15, 0.2) is 77.7 Å². The van der Waals surface area contributed by atoms with Crippen molar-refractivity contribution in [1.82, 2.24) is 19.1 Å². The van der Waals surface area contributed by atoms with E-state index in [1.807, 2.05) is 30.3 Å². The average molecular weight is 371 g/mol. The van der Waals surface area contributed by atoms with Gasteiger partial charge in [-0.2, -0.15) is 4.68 Å². The number of fused-ring (bicyclic) bond motifs is 2. The summed E-state index contributed by atoms with van der Waals surface area (Å²) in [4.78, 5) is 17.4. The molecule has 1 aliphatic heterocycles. The minimum Gasteiger partial charge on any atom is -0.340 e. The van der Waals surface area contributed by atoms with Crippen molar-refractivity contribution in [3.8, 4) is 5.69 Å². The fourth-order valence-electron chi connectivity index (χ4n) is 3.82. The standard InChI is InChI=1S/C22H21N5O/c1-24-13-14-25(18-7-3-2-4-8-18)20-11-10-19(15-17(20)16-24)27-22(28)26-12-6-5-9-21(26)23-27/h2-12,15H,13-14,16H2,1H3. The first-order valence-corrected chi connectivity index (χ1v) is 9.41. The molecule has 1 aliphatic rings. The molecule has 0 bridgehead atoms. The summed E-state index contributed by atoms with van der Waals surface area (Å²) in [6, 6.07) is 22.2. The van der Waals surface area contributed by atoms with Gasteiger partial charge in [0.05, 0.1) is 5.69 Å². The monoisotopic (exact) mass is 371 g/mol. The van der Waals surface area contributed by atoms with Crippen molar-refractivity contribution in [2.45, 2.75) is 6.54 Å². The Hall–Kier alpha value is -3.38. The number of hydrogen-bond acceptors (Lipinski definition) is 4. The number of para-hydroxylation sites is 1. The van der Waals surface area contributed by atoms with Crippen LogP contribution in [0.4, 0.5) is 11.4 Å². The van der Waals surface area contributed by atoms with Gasteiger partial charge in [-0.25, -0.2) is 9.20 Å². The maximum absolute atomic E-state index is 12.8. The highest BCUT2D eigenvalue weighted by Gasteiger charge is 2.20. The second-order valence-electron chi connectivity index (χ2n) is 7.16. The highest BCUT2D eigenvalue weighted by atomic mass is 16.2. The maximum Gasteiger partial charge on any atom is 0.355 e. The lowest BCUT2D eigenvalue weighted by molar-refractivity contribution is 0.343. The van der Waals surface area contributed by atoms with E-state index in [1.54, 1.807) is 10.6 Å². The topological polar surface area (TPSA) is 45.8 Å². The van der Waals surface area contributed by atoms with Gasteiger partial charge in [-0.15, -0.1) is 5.10 Å². The minimum atomic E-state index is -0.155. The molecule has 4 aromatic rings. The van der Waals surface area contributed by atoms with Gasteiger partial charge in [0.15, 0.2) is 5.65 Å². The molecule has 5 rings (SSSR count). The van der Waals surface area contributed by atoms with Gasteiger partial charge >= 0.3 is 5.69 Å². The third-order valence-corrected chi connectivity index (χ3v) is 5.24. The van der Waals surface area contributed by atoms with Gasteiger partial charge in [0.1, 0.15) is 0 Å². The summed E-state index contributed by atoms with van der Waals surface area (Å²) in [5.41, 5.74) is 4.82. The lowest BCUT2D eigenvalue weighted by Crippen LogP contribution is -2.26. The molecule has 0 saturated heterocycles. The Morgan fingerprint density at radius 3 is 2.54 bits per heavy atom. The first-order valence-electron chi connectivity index (χ1n) is 9.41. The summed E-state index contributed by atoms with van der Waals surface area (Å²) in [5.74, 6) is 0. The molecule has 0 fully saturated rings. The smallest absolute Gasteiger partial charge is 0.340 e. The molecule has 0 N–H and O–H groups in total. The van der Waals surface area contributed by atoms with Crippen molar-refractivity contribution in [2.24, 2.45) is 0 Å². The molecule has 0 aliphatic carbocycles. The molecule has 140 valence electrons. The SMILES string of the molecule is CN1CCN(c2ccccc2)c2ccc(-n3nc4ccccn4c3=O)cc2C1. The first kappa shape index (κ1) is 16.8. The molecule has 2 aromatic heterocycles. The molecule has 28 heavy (non-hydrogen) atoms. The minimum absolute atomic E-state index is 0.155. The van der Waals surface area contributed by atoms with Crippen molar-refractivity contribution in [2.75, 3.05) is 25.0 Å². The highest BCUT2D eigenvalue weighted by Crippen LogP contribution is 2.32. The Bertz CT molecular complexity index is 1190. The largest absolute Gasteiger partial charge is 0.355 e. The summed E-state index contributed by atoms with van der Waals surface area (Å²) in [7, 11) is 2.13. The lowest BCUT2D eigenvalue weighted by atomic mass is 10.1. The number of hydrogen-bond donors (Lipinski definition) is 0. The molecule has 0 radical (unpaired) electrons. The number of rotatable bonds is 2. The van der Waals surface area contributed by atoms with E-state index in [1.165, 1.54) is 21.6 Å². The summed E-state index contributed by atoms with van der Waals surface area (Å²) < 4.78 is 3.04. The zero-order chi connectivity index (χ0) is 19.1. The summed E-state index contributed by atoms with van der Waals surface area (Å²) in [6.45, 7) is 2.71. The van der Waals surface area contributed by atoms with E-state index >= 15 is 0 Å². The number of pyridine rings is 1.